The van der Waals surface area contributed by atoms with Crippen LogP contribution < -0.4 is 4.52 Å². The number of hydrogen-bond donors (Lipinski definition) is 0. The molecule has 0 aliphatic heterocycles. The molecule has 24 heavy (non-hydrogen) atoms. The Morgan fingerprint density at radius 1 is 0.792 bits per heavy atom. The molecule has 6 heteroatoms. The quantitative estimate of drug-likeness (QED) is 0.504. The maximum Gasteiger partial charge on any atom is 0.465 e. The van der Waals surface area contributed by atoms with Crippen LogP contribution in [0.4, 0.5) is 9.05 Å². The van der Waals surface area contributed by atoms with Crippen LogP contribution in [0.1, 0.15) is 87.2 Å². The smallest absolute Gasteiger partial charge is 0.423 e. The molecule has 3 nitrogen and oxygen atoms in total. The van der Waals surface area contributed by atoms with Crippen LogP contribution in [0, 0.1) is 0 Å². The average molecular weight is 358 g/mol. The second kappa shape index (κ2) is 9.07. The van der Waals surface area contributed by atoms with E-state index in [9.17, 15) is 9.05 Å². The second-order valence-electron chi connectivity index (χ2n) is 6.92. The third-order valence-corrected chi connectivity index (χ3v) is 6.01. The molecule has 0 spiro atoms. The molecule has 0 heterocycles. The molecular formula is C18H25F2O3P. The molecule has 0 aromatic heterocycles. The van der Waals surface area contributed by atoms with Gasteiger partial charge in [-0.1, -0.05) is 60.1 Å². The van der Waals surface area contributed by atoms with E-state index in [-0.39, 0.29) is 0 Å². The summed E-state index contributed by atoms with van der Waals surface area (Å²) in [6, 6.07) is 6.06. The summed E-state index contributed by atoms with van der Waals surface area (Å²) in [4.78, 5) is 0. The zero-order valence-corrected chi connectivity index (χ0v) is 14.8. The highest BCUT2D eigenvalue weighted by Crippen LogP contribution is 2.47. The lowest BCUT2D eigenvalue weighted by atomic mass is 9.79. The molecule has 134 valence electrons. The van der Waals surface area contributed by atoms with Crippen molar-refractivity contribution in [1.82, 2.24) is 0 Å². The van der Waals surface area contributed by atoms with Crippen molar-refractivity contribution < 1.29 is 23.0 Å². The molecule has 0 amide bonds. The molecule has 1 aromatic carbocycles. The van der Waals surface area contributed by atoms with Crippen molar-refractivity contribution in [2.45, 2.75) is 76.0 Å². The molecule has 0 unspecified atom stereocenters. The van der Waals surface area contributed by atoms with E-state index in [0.29, 0.717) is 17.6 Å². The summed E-state index contributed by atoms with van der Waals surface area (Å²) in [6.07, 6.45) is 12.1. The molecule has 0 atom stereocenters. The number of rotatable bonds is 6. The fraction of sp³-hybridized carbons (Fsp3) is 0.667. The van der Waals surface area contributed by atoms with Gasteiger partial charge in [-0.2, -0.15) is 0 Å². The summed E-state index contributed by atoms with van der Waals surface area (Å²) < 4.78 is 36.8. The van der Waals surface area contributed by atoms with E-state index in [0.717, 1.165) is 18.4 Å². The second-order valence-corrected chi connectivity index (χ2v) is 7.83. The molecule has 0 radical (unpaired) electrons. The van der Waals surface area contributed by atoms with Gasteiger partial charge in [0.2, 0.25) is 0 Å². The van der Waals surface area contributed by atoms with Crippen LogP contribution in [0.2, 0.25) is 0 Å². The molecule has 2 aliphatic carbocycles. The zero-order valence-electron chi connectivity index (χ0n) is 13.9. The van der Waals surface area contributed by atoms with E-state index in [1.54, 1.807) is 0 Å². The van der Waals surface area contributed by atoms with Gasteiger partial charge in [-0.05, 0) is 63.8 Å². The highest BCUT2D eigenvalue weighted by Gasteiger charge is 2.25. The Morgan fingerprint density at radius 3 is 1.96 bits per heavy atom. The van der Waals surface area contributed by atoms with Gasteiger partial charge in [-0.15, -0.1) is 0 Å². The van der Waals surface area contributed by atoms with E-state index in [1.807, 2.05) is 12.1 Å². The zero-order chi connectivity index (χ0) is 16.8. The Hall–Kier alpha value is -0.770. The summed E-state index contributed by atoms with van der Waals surface area (Å²) in [5, 5.41) is 0. The Bertz CT molecular complexity index is 513. The first-order valence-corrected chi connectivity index (χ1v) is 10.1. The van der Waals surface area contributed by atoms with Gasteiger partial charge in [0, 0.05) is 0 Å². The molecule has 2 saturated carbocycles. The molecule has 3 rings (SSSR count). The summed E-state index contributed by atoms with van der Waals surface area (Å²) in [7, 11) is -2.63. The third kappa shape index (κ3) is 4.44. The van der Waals surface area contributed by atoms with Crippen LogP contribution in [-0.4, -0.2) is 0 Å². The summed E-state index contributed by atoms with van der Waals surface area (Å²) in [5.74, 6) is 1.46. The van der Waals surface area contributed by atoms with E-state index in [2.05, 4.69) is 15.5 Å². The van der Waals surface area contributed by atoms with Crippen LogP contribution in [-0.2, 0) is 9.46 Å². The topological polar surface area (TPSA) is 27.7 Å². The van der Waals surface area contributed by atoms with Crippen molar-refractivity contribution in [3.05, 3.63) is 29.3 Å². The van der Waals surface area contributed by atoms with Crippen molar-refractivity contribution in [3.63, 3.8) is 0 Å². The third-order valence-electron chi connectivity index (χ3n) is 5.44. The van der Waals surface area contributed by atoms with Crippen molar-refractivity contribution in [1.29, 1.82) is 0 Å². The fourth-order valence-electron chi connectivity index (χ4n) is 4.19. The Labute approximate surface area is 143 Å². The minimum Gasteiger partial charge on any atom is -0.423 e. The summed E-state index contributed by atoms with van der Waals surface area (Å²) in [6.45, 7) is 0. The maximum atomic E-state index is 12.3. The van der Waals surface area contributed by atoms with Gasteiger partial charge in [-0.25, -0.2) is 0 Å². The summed E-state index contributed by atoms with van der Waals surface area (Å²) in [5.41, 5.74) is 2.38. The van der Waals surface area contributed by atoms with Crippen LogP contribution in [0.5, 0.6) is 5.75 Å². The van der Waals surface area contributed by atoms with Crippen LogP contribution in [0.3, 0.4) is 0 Å². The molecule has 0 saturated heterocycles. The SMILES string of the molecule is FOP(OF)Oc1ccc(C2CCCCC2)cc1C1CCCCC1. The van der Waals surface area contributed by atoms with Crippen molar-refractivity contribution in [2.75, 3.05) is 0 Å². The minimum atomic E-state index is -2.63. The number of halogens is 2. The maximum absolute atomic E-state index is 12.3. The normalized spacial score (nSPS) is 20.5. The fourth-order valence-corrected chi connectivity index (χ4v) is 4.60. The van der Waals surface area contributed by atoms with Crippen LogP contribution in [0.25, 0.3) is 0 Å². The largest absolute Gasteiger partial charge is 0.465 e. The molecular weight excluding hydrogens is 333 g/mol. The van der Waals surface area contributed by atoms with E-state index in [4.69, 9.17) is 4.52 Å². The lowest BCUT2D eigenvalue weighted by Gasteiger charge is -2.27. The van der Waals surface area contributed by atoms with Gasteiger partial charge in [-0.3, -0.25) is 0 Å². The van der Waals surface area contributed by atoms with E-state index in [1.165, 1.54) is 56.9 Å². The lowest BCUT2D eigenvalue weighted by molar-refractivity contribution is -0.0859. The van der Waals surface area contributed by atoms with Gasteiger partial charge in [0.25, 0.3) is 0 Å². The number of benzene rings is 1. The monoisotopic (exact) mass is 358 g/mol. The first kappa shape index (κ1) is 18.0. The van der Waals surface area contributed by atoms with Crippen LogP contribution >= 0.6 is 8.60 Å². The average Bonchev–Trinajstić information content (AvgIpc) is 2.67. The standard InChI is InChI=1S/C18H25F2O3P/c19-22-24(23-20)21-18-12-11-16(14-7-3-1-4-8-14)13-17(18)15-9-5-2-6-10-15/h11-15H,1-10H2. The predicted octanol–water partition coefficient (Wildman–Crippen LogP) is 7.19. The highest BCUT2D eigenvalue weighted by molar-refractivity contribution is 7.41. The van der Waals surface area contributed by atoms with Gasteiger partial charge in [0.05, 0.1) is 0 Å². The molecule has 0 bridgehead atoms. The van der Waals surface area contributed by atoms with Gasteiger partial charge >= 0.3 is 8.60 Å². The van der Waals surface area contributed by atoms with E-state index >= 15 is 0 Å². The van der Waals surface area contributed by atoms with Crippen molar-refractivity contribution in [2.24, 2.45) is 0 Å². The minimum absolute atomic E-state index is 0.383. The molecule has 2 aliphatic rings. The van der Waals surface area contributed by atoms with Crippen LogP contribution in [0.15, 0.2) is 18.2 Å². The molecule has 0 N–H and O–H groups in total. The van der Waals surface area contributed by atoms with Gasteiger partial charge in [0.15, 0.2) is 0 Å². The molecule has 1 aromatic rings. The number of hydrogen-bond acceptors (Lipinski definition) is 3. The Morgan fingerprint density at radius 2 is 1.38 bits per heavy atom. The Balaban J connectivity index is 1.85. The predicted molar refractivity (Wildman–Crippen MR) is 90.0 cm³/mol. The first-order chi connectivity index (χ1) is 11.8. The first-order valence-electron chi connectivity index (χ1n) is 9.01. The Kier molecular flexibility index (Phi) is 6.82. The van der Waals surface area contributed by atoms with E-state index < -0.39 is 8.60 Å². The van der Waals surface area contributed by atoms with Gasteiger partial charge < -0.3 is 4.52 Å². The van der Waals surface area contributed by atoms with Gasteiger partial charge in [0.1, 0.15) is 5.75 Å². The molecule has 2 fully saturated rings. The van der Waals surface area contributed by atoms with Crippen molar-refractivity contribution in [3.8, 4) is 5.75 Å². The lowest BCUT2D eigenvalue weighted by Crippen LogP contribution is -2.09. The van der Waals surface area contributed by atoms with Crippen molar-refractivity contribution >= 4 is 8.60 Å². The highest BCUT2D eigenvalue weighted by atomic mass is 31.2. The summed E-state index contributed by atoms with van der Waals surface area (Å²) >= 11 is 0.